The SMILES string of the molecule is COC(=O)Cc1ccc(N2C(=O)C(=O)/C(=C(\O)c3cccc(Cl)c3)C2c2ccc(O)cc2)cc1. The van der Waals surface area contributed by atoms with E-state index in [2.05, 4.69) is 4.74 Å². The van der Waals surface area contributed by atoms with Gasteiger partial charge in [0.15, 0.2) is 0 Å². The maximum absolute atomic E-state index is 13.2. The molecule has 1 aliphatic rings. The van der Waals surface area contributed by atoms with Gasteiger partial charge < -0.3 is 14.9 Å². The van der Waals surface area contributed by atoms with Crippen LogP contribution < -0.4 is 4.90 Å². The summed E-state index contributed by atoms with van der Waals surface area (Å²) in [6.07, 6.45) is 0.0613. The Labute approximate surface area is 200 Å². The molecule has 1 unspecified atom stereocenters. The second kappa shape index (κ2) is 9.41. The quantitative estimate of drug-likeness (QED) is 0.244. The second-order valence-electron chi connectivity index (χ2n) is 7.69. The van der Waals surface area contributed by atoms with Crippen molar-refractivity contribution in [1.29, 1.82) is 0 Å². The molecule has 3 aromatic rings. The summed E-state index contributed by atoms with van der Waals surface area (Å²) < 4.78 is 4.68. The maximum Gasteiger partial charge on any atom is 0.309 e. The Morgan fingerprint density at radius 2 is 1.71 bits per heavy atom. The van der Waals surface area contributed by atoms with E-state index in [1.165, 1.54) is 30.2 Å². The van der Waals surface area contributed by atoms with Crippen molar-refractivity contribution in [3.63, 3.8) is 0 Å². The molecule has 7 nitrogen and oxygen atoms in total. The Kier molecular flexibility index (Phi) is 6.38. The van der Waals surface area contributed by atoms with Crippen LogP contribution in [0.4, 0.5) is 5.69 Å². The van der Waals surface area contributed by atoms with Gasteiger partial charge in [-0.3, -0.25) is 19.3 Å². The summed E-state index contributed by atoms with van der Waals surface area (Å²) >= 11 is 6.06. The highest BCUT2D eigenvalue weighted by atomic mass is 35.5. The number of hydrogen-bond donors (Lipinski definition) is 2. The molecule has 1 fully saturated rings. The zero-order chi connectivity index (χ0) is 24.4. The minimum atomic E-state index is -0.953. The number of aliphatic hydroxyl groups is 1. The van der Waals surface area contributed by atoms with Gasteiger partial charge in [-0.1, -0.05) is 48.0 Å². The fraction of sp³-hybridized carbons (Fsp3) is 0.115. The number of phenolic OH excluding ortho intramolecular Hbond substituents is 1. The molecule has 0 aliphatic carbocycles. The lowest BCUT2D eigenvalue weighted by atomic mass is 9.95. The van der Waals surface area contributed by atoms with Crippen LogP contribution in [0.1, 0.15) is 22.7 Å². The number of anilines is 1. The van der Waals surface area contributed by atoms with Crippen LogP contribution in [-0.2, 0) is 25.5 Å². The number of halogens is 1. The predicted molar refractivity (Wildman–Crippen MR) is 127 cm³/mol. The lowest BCUT2D eigenvalue weighted by molar-refractivity contribution is -0.139. The molecule has 0 saturated carbocycles. The van der Waals surface area contributed by atoms with Crippen LogP contribution in [0, 0.1) is 0 Å². The van der Waals surface area contributed by atoms with Gasteiger partial charge in [-0.05, 0) is 47.5 Å². The minimum Gasteiger partial charge on any atom is -0.508 e. The van der Waals surface area contributed by atoms with Crippen LogP contribution in [0.3, 0.4) is 0 Å². The standard InChI is InChI=1S/C26H20ClNO6/c1-34-21(30)13-15-5-9-19(10-6-15)28-23(16-7-11-20(29)12-8-16)22(25(32)26(28)33)24(31)17-3-2-4-18(27)14-17/h2-12,14,23,29,31H,13H2,1H3/b24-22-. The van der Waals surface area contributed by atoms with Gasteiger partial charge >= 0.3 is 5.97 Å². The first-order valence-electron chi connectivity index (χ1n) is 10.3. The molecule has 0 bridgehead atoms. The Morgan fingerprint density at radius 3 is 2.32 bits per heavy atom. The Bertz CT molecular complexity index is 1300. The van der Waals surface area contributed by atoms with Gasteiger partial charge in [0.1, 0.15) is 11.5 Å². The van der Waals surface area contributed by atoms with Crippen LogP contribution in [0.25, 0.3) is 5.76 Å². The summed E-state index contributed by atoms with van der Waals surface area (Å²) in [6, 6.07) is 18.0. The van der Waals surface area contributed by atoms with E-state index in [1.54, 1.807) is 54.6 Å². The summed E-state index contributed by atoms with van der Waals surface area (Å²) in [4.78, 5) is 39.1. The van der Waals surface area contributed by atoms with Gasteiger partial charge in [-0.2, -0.15) is 0 Å². The molecule has 2 N–H and O–H groups in total. The summed E-state index contributed by atoms with van der Waals surface area (Å²) in [5, 5.41) is 21.2. The fourth-order valence-electron chi connectivity index (χ4n) is 3.88. The third-order valence-corrected chi connectivity index (χ3v) is 5.78. The zero-order valence-electron chi connectivity index (χ0n) is 18.1. The van der Waals surface area contributed by atoms with Crippen LogP contribution in [0.2, 0.25) is 5.02 Å². The molecule has 1 heterocycles. The monoisotopic (exact) mass is 477 g/mol. The van der Waals surface area contributed by atoms with Gasteiger partial charge in [0.2, 0.25) is 0 Å². The molecule has 1 atom stereocenters. The first-order valence-corrected chi connectivity index (χ1v) is 10.7. The number of aromatic hydroxyl groups is 1. The van der Waals surface area contributed by atoms with Crippen molar-refractivity contribution in [3.05, 3.63) is 100 Å². The van der Waals surface area contributed by atoms with Gasteiger partial charge in [-0.15, -0.1) is 0 Å². The molecule has 1 saturated heterocycles. The van der Waals surface area contributed by atoms with Gasteiger partial charge in [0, 0.05) is 16.3 Å². The lowest BCUT2D eigenvalue weighted by Crippen LogP contribution is -2.29. The average Bonchev–Trinajstić information content (AvgIpc) is 3.10. The van der Waals surface area contributed by atoms with E-state index in [0.29, 0.717) is 27.4 Å². The molecular weight excluding hydrogens is 458 g/mol. The second-order valence-corrected chi connectivity index (χ2v) is 8.13. The smallest absolute Gasteiger partial charge is 0.309 e. The third-order valence-electron chi connectivity index (χ3n) is 5.54. The number of aliphatic hydroxyl groups excluding tert-OH is 1. The van der Waals surface area contributed by atoms with E-state index in [9.17, 15) is 24.6 Å². The number of carbonyl (C=O) groups excluding carboxylic acids is 3. The number of rotatable bonds is 5. The van der Waals surface area contributed by atoms with E-state index < -0.39 is 23.7 Å². The summed E-state index contributed by atoms with van der Waals surface area (Å²) in [6.45, 7) is 0. The van der Waals surface area contributed by atoms with Crippen molar-refractivity contribution in [2.45, 2.75) is 12.5 Å². The topological polar surface area (TPSA) is 104 Å². The Morgan fingerprint density at radius 1 is 1.03 bits per heavy atom. The summed E-state index contributed by atoms with van der Waals surface area (Å²) in [5.41, 5.74) is 1.78. The van der Waals surface area contributed by atoms with E-state index in [1.807, 2.05) is 0 Å². The fourth-order valence-corrected chi connectivity index (χ4v) is 4.07. The summed E-state index contributed by atoms with van der Waals surface area (Å²) in [7, 11) is 1.30. The molecule has 3 aromatic carbocycles. The van der Waals surface area contributed by atoms with Gasteiger partial charge in [0.05, 0.1) is 25.1 Å². The number of carbonyl (C=O) groups is 3. The first-order chi connectivity index (χ1) is 16.3. The lowest BCUT2D eigenvalue weighted by Gasteiger charge is -2.25. The van der Waals surface area contributed by atoms with Crippen molar-refractivity contribution >= 4 is 40.7 Å². The maximum atomic E-state index is 13.2. The minimum absolute atomic E-state index is 0.0164. The van der Waals surface area contributed by atoms with Gasteiger partial charge in [0.25, 0.3) is 11.7 Å². The Balaban J connectivity index is 1.85. The van der Waals surface area contributed by atoms with Crippen LogP contribution >= 0.6 is 11.6 Å². The molecule has 172 valence electrons. The van der Waals surface area contributed by atoms with E-state index >= 15 is 0 Å². The molecule has 0 radical (unpaired) electrons. The van der Waals surface area contributed by atoms with E-state index in [-0.39, 0.29) is 23.5 Å². The first kappa shape index (κ1) is 23.1. The number of benzene rings is 3. The largest absolute Gasteiger partial charge is 0.508 e. The van der Waals surface area contributed by atoms with E-state index in [4.69, 9.17) is 11.6 Å². The Hall–Kier alpha value is -4.10. The number of ether oxygens (including phenoxy) is 1. The zero-order valence-corrected chi connectivity index (χ0v) is 18.8. The molecule has 1 amide bonds. The average molecular weight is 478 g/mol. The van der Waals surface area contributed by atoms with Crippen molar-refractivity contribution in [3.8, 4) is 5.75 Å². The van der Waals surface area contributed by atoms with Crippen molar-refractivity contribution in [2.24, 2.45) is 0 Å². The molecule has 0 aromatic heterocycles. The molecule has 1 aliphatic heterocycles. The van der Waals surface area contributed by atoms with E-state index in [0.717, 1.165) is 0 Å². The number of Topliss-reactive ketones (excluding diaryl/α,β-unsaturated/α-hetero) is 1. The molecule has 0 spiro atoms. The van der Waals surface area contributed by atoms with Crippen LogP contribution in [0.5, 0.6) is 5.75 Å². The van der Waals surface area contributed by atoms with Gasteiger partial charge in [-0.25, -0.2) is 0 Å². The molecule has 34 heavy (non-hydrogen) atoms. The van der Waals surface area contributed by atoms with Crippen molar-refractivity contribution < 1.29 is 29.3 Å². The number of nitrogens with zero attached hydrogens (tertiary/aromatic N) is 1. The van der Waals surface area contributed by atoms with Crippen molar-refractivity contribution in [2.75, 3.05) is 12.0 Å². The van der Waals surface area contributed by atoms with Crippen LogP contribution in [0.15, 0.2) is 78.4 Å². The highest BCUT2D eigenvalue weighted by molar-refractivity contribution is 6.51. The normalized spacial score (nSPS) is 17.1. The number of phenols is 1. The number of amides is 1. The third kappa shape index (κ3) is 4.38. The molecule has 8 heteroatoms. The molecule has 4 rings (SSSR count). The van der Waals surface area contributed by atoms with Crippen LogP contribution in [-0.4, -0.2) is 35.0 Å². The summed E-state index contributed by atoms with van der Waals surface area (Å²) in [5.74, 6) is -2.41. The predicted octanol–water partition coefficient (Wildman–Crippen LogP) is 4.39. The number of ketones is 1. The number of hydrogen-bond acceptors (Lipinski definition) is 6. The number of esters is 1. The molecular formula is C26H20ClNO6. The highest BCUT2D eigenvalue weighted by Gasteiger charge is 2.47. The highest BCUT2D eigenvalue weighted by Crippen LogP contribution is 2.42. The number of methoxy groups -OCH3 is 1. The van der Waals surface area contributed by atoms with Crippen molar-refractivity contribution in [1.82, 2.24) is 0 Å².